The monoisotopic (exact) mass is 404 g/mol. The molecule has 10 nitrogen and oxygen atoms in total. The number of nitrogens with zero attached hydrogens (tertiary/aromatic N) is 7. The summed E-state index contributed by atoms with van der Waals surface area (Å²) < 4.78 is 6.81. The number of nitrogens with one attached hydrogen (secondary N) is 1. The zero-order valence-electron chi connectivity index (χ0n) is 16.4. The van der Waals surface area contributed by atoms with Gasteiger partial charge in [-0.1, -0.05) is 0 Å². The first-order chi connectivity index (χ1) is 14.7. The van der Waals surface area contributed by atoms with Crippen LogP contribution in [-0.2, 0) is 0 Å². The quantitative estimate of drug-likeness (QED) is 0.550. The molecular formula is C20H20N8O2. The Hall–Kier alpha value is -3.95. The molecule has 1 amide bonds. The van der Waals surface area contributed by atoms with Gasteiger partial charge in [0.1, 0.15) is 24.1 Å². The first kappa shape index (κ1) is 18.1. The summed E-state index contributed by atoms with van der Waals surface area (Å²) in [7, 11) is 1.63. The van der Waals surface area contributed by atoms with Crippen LogP contribution >= 0.6 is 0 Å². The molecule has 0 bridgehead atoms. The van der Waals surface area contributed by atoms with Gasteiger partial charge in [-0.05, 0) is 30.3 Å². The Labute approximate surface area is 172 Å². The van der Waals surface area contributed by atoms with Crippen molar-refractivity contribution in [1.29, 1.82) is 0 Å². The normalized spacial score (nSPS) is 14.3. The van der Waals surface area contributed by atoms with Crippen molar-refractivity contribution in [3.63, 3.8) is 0 Å². The maximum Gasteiger partial charge on any atom is 0.270 e. The van der Waals surface area contributed by atoms with Gasteiger partial charge in [0.2, 0.25) is 0 Å². The van der Waals surface area contributed by atoms with Crippen LogP contribution < -0.4 is 9.64 Å². The summed E-state index contributed by atoms with van der Waals surface area (Å²) in [6.07, 6.45) is 3.03. The number of anilines is 1. The molecule has 1 N–H and O–H groups in total. The van der Waals surface area contributed by atoms with E-state index in [1.54, 1.807) is 18.1 Å². The van der Waals surface area contributed by atoms with Gasteiger partial charge in [-0.25, -0.2) is 9.67 Å². The van der Waals surface area contributed by atoms with Crippen LogP contribution in [0.2, 0.25) is 0 Å². The van der Waals surface area contributed by atoms with E-state index in [1.165, 1.54) is 6.33 Å². The minimum atomic E-state index is -0.00238. The molecular weight excluding hydrogens is 384 g/mol. The zero-order valence-corrected chi connectivity index (χ0v) is 16.4. The lowest BCUT2D eigenvalue weighted by atomic mass is 10.2. The van der Waals surface area contributed by atoms with E-state index in [1.807, 2.05) is 41.3 Å². The fraction of sp³-hybridized carbons (Fsp3) is 0.250. The highest BCUT2D eigenvalue weighted by molar-refractivity contribution is 5.98. The average Bonchev–Trinajstić information content (AvgIpc) is 3.48. The number of hydrogen-bond acceptors (Lipinski definition) is 7. The fourth-order valence-corrected chi connectivity index (χ4v) is 3.59. The minimum Gasteiger partial charge on any atom is -0.497 e. The molecule has 10 heteroatoms. The van der Waals surface area contributed by atoms with Crippen molar-refractivity contribution in [2.75, 3.05) is 38.2 Å². The van der Waals surface area contributed by atoms with Crippen LogP contribution in [0, 0.1) is 0 Å². The molecule has 1 fully saturated rings. The molecule has 1 saturated heterocycles. The SMILES string of the molecule is COc1ccc2cc(C(=O)N3CCN(c4ccc(-n5cncn5)nn4)CC3)[nH]c2c1. The van der Waals surface area contributed by atoms with Crippen LogP contribution in [-0.4, -0.2) is 74.0 Å². The third-order valence-corrected chi connectivity index (χ3v) is 5.24. The fourth-order valence-electron chi connectivity index (χ4n) is 3.59. The highest BCUT2D eigenvalue weighted by Crippen LogP contribution is 2.22. The molecule has 152 valence electrons. The van der Waals surface area contributed by atoms with Crippen LogP contribution in [0.5, 0.6) is 5.75 Å². The number of methoxy groups -OCH3 is 1. The topological polar surface area (TPSA) is 105 Å². The smallest absolute Gasteiger partial charge is 0.270 e. The molecule has 0 saturated carbocycles. The summed E-state index contributed by atoms with van der Waals surface area (Å²) in [6, 6.07) is 11.4. The van der Waals surface area contributed by atoms with Crippen LogP contribution in [0.4, 0.5) is 5.82 Å². The molecule has 0 aliphatic carbocycles. The molecule has 30 heavy (non-hydrogen) atoms. The summed E-state index contributed by atoms with van der Waals surface area (Å²) in [5.74, 6) is 2.15. The maximum absolute atomic E-state index is 12.9. The zero-order chi connectivity index (χ0) is 20.5. The first-order valence-corrected chi connectivity index (χ1v) is 9.61. The maximum atomic E-state index is 12.9. The van der Waals surface area contributed by atoms with Crippen molar-refractivity contribution in [2.45, 2.75) is 0 Å². The highest BCUT2D eigenvalue weighted by atomic mass is 16.5. The second-order valence-electron chi connectivity index (χ2n) is 7.01. The second kappa shape index (κ2) is 7.47. The Balaban J connectivity index is 1.25. The van der Waals surface area contributed by atoms with Crippen molar-refractivity contribution < 1.29 is 9.53 Å². The number of piperazine rings is 1. The summed E-state index contributed by atoms with van der Waals surface area (Å²) in [5.41, 5.74) is 1.47. The Bertz CT molecular complexity index is 1160. The van der Waals surface area contributed by atoms with Crippen LogP contribution in [0.25, 0.3) is 16.7 Å². The predicted molar refractivity (Wildman–Crippen MR) is 110 cm³/mol. The molecule has 0 spiro atoms. The van der Waals surface area contributed by atoms with E-state index in [9.17, 15) is 4.79 Å². The van der Waals surface area contributed by atoms with Gasteiger partial charge in [0.25, 0.3) is 5.91 Å². The van der Waals surface area contributed by atoms with Gasteiger partial charge >= 0.3 is 0 Å². The number of rotatable bonds is 4. The molecule has 0 unspecified atom stereocenters. The second-order valence-corrected chi connectivity index (χ2v) is 7.01. The van der Waals surface area contributed by atoms with Crippen LogP contribution in [0.1, 0.15) is 10.5 Å². The molecule has 0 atom stereocenters. The number of carbonyl (C=O) groups is 1. The van der Waals surface area contributed by atoms with Gasteiger partial charge in [0.05, 0.1) is 7.11 Å². The average molecular weight is 404 g/mol. The largest absolute Gasteiger partial charge is 0.497 e. The summed E-state index contributed by atoms with van der Waals surface area (Å²) in [6.45, 7) is 2.61. The number of fused-ring (bicyclic) bond motifs is 1. The molecule has 1 aliphatic heterocycles. The lowest BCUT2D eigenvalue weighted by Gasteiger charge is -2.35. The lowest BCUT2D eigenvalue weighted by molar-refractivity contribution is 0.0741. The Kier molecular flexibility index (Phi) is 4.51. The Morgan fingerprint density at radius 3 is 2.53 bits per heavy atom. The van der Waals surface area contributed by atoms with Gasteiger partial charge in [-0.3, -0.25) is 4.79 Å². The lowest BCUT2D eigenvalue weighted by Crippen LogP contribution is -2.49. The minimum absolute atomic E-state index is 0.00238. The van der Waals surface area contributed by atoms with Gasteiger partial charge in [-0.2, -0.15) is 5.10 Å². The first-order valence-electron chi connectivity index (χ1n) is 9.61. The number of carbonyl (C=O) groups excluding carboxylic acids is 1. The van der Waals surface area contributed by atoms with Gasteiger partial charge < -0.3 is 19.5 Å². The number of aromatic amines is 1. The molecule has 5 rings (SSSR count). The highest BCUT2D eigenvalue weighted by Gasteiger charge is 2.24. The molecule has 3 aromatic heterocycles. The predicted octanol–water partition coefficient (Wildman–Crippen LogP) is 1.51. The van der Waals surface area contributed by atoms with Crippen LogP contribution in [0.3, 0.4) is 0 Å². The van der Waals surface area contributed by atoms with Crippen molar-refractivity contribution in [3.8, 4) is 11.6 Å². The van der Waals surface area contributed by atoms with Gasteiger partial charge in [-0.15, -0.1) is 10.2 Å². The van der Waals surface area contributed by atoms with Crippen molar-refractivity contribution in [2.24, 2.45) is 0 Å². The number of ether oxygens (including phenoxy) is 1. The number of benzene rings is 1. The van der Waals surface area contributed by atoms with E-state index in [4.69, 9.17) is 4.74 Å². The van der Waals surface area contributed by atoms with E-state index in [0.29, 0.717) is 37.7 Å². The molecule has 4 aromatic rings. The number of aromatic nitrogens is 6. The molecule has 4 heterocycles. The van der Waals surface area contributed by atoms with Crippen molar-refractivity contribution in [3.05, 3.63) is 54.7 Å². The Morgan fingerprint density at radius 2 is 1.83 bits per heavy atom. The summed E-state index contributed by atoms with van der Waals surface area (Å²) >= 11 is 0. The van der Waals surface area contributed by atoms with Gasteiger partial charge in [0, 0.05) is 43.1 Å². The van der Waals surface area contributed by atoms with Crippen molar-refractivity contribution >= 4 is 22.6 Å². The van der Waals surface area contributed by atoms with Crippen LogP contribution in [0.15, 0.2) is 49.1 Å². The number of hydrogen-bond donors (Lipinski definition) is 1. The summed E-state index contributed by atoms with van der Waals surface area (Å²) in [5, 5.41) is 13.5. The van der Waals surface area contributed by atoms with E-state index in [2.05, 4.69) is 30.2 Å². The number of amides is 1. The van der Waals surface area contributed by atoms with E-state index in [0.717, 1.165) is 22.5 Å². The summed E-state index contributed by atoms with van der Waals surface area (Å²) in [4.78, 5) is 24.0. The molecule has 1 aromatic carbocycles. The Morgan fingerprint density at radius 1 is 1.03 bits per heavy atom. The van der Waals surface area contributed by atoms with Crippen molar-refractivity contribution in [1.82, 2.24) is 34.8 Å². The third kappa shape index (κ3) is 3.32. The number of H-pyrrole nitrogens is 1. The van der Waals surface area contributed by atoms with E-state index in [-0.39, 0.29) is 5.91 Å². The third-order valence-electron chi connectivity index (χ3n) is 5.24. The molecule has 1 aliphatic rings. The van der Waals surface area contributed by atoms with E-state index >= 15 is 0 Å². The van der Waals surface area contributed by atoms with Gasteiger partial charge in [0.15, 0.2) is 11.6 Å². The standard InChI is InChI=1S/C20H20N8O2/c1-30-15-3-2-14-10-17(23-16(14)11-15)20(29)27-8-6-26(7-9-27)18-4-5-19(25-24-18)28-13-21-12-22-28/h2-5,10-13,23H,6-9H2,1H3. The van der Waals surface area contributed by atoms with E-state index < -0.39 is 0 Å². The molecule has 0 radical (unpaired) electrons.